The highest BCUT2D eigenvalue weighted by atomic mass is 15.0. The third-order valence-electron chi connectivity index (χ3n) is 1.54. The van der Waals surface area contributed by atoms with Gasteiger partial charge >= 0.3 is 0 Å². The lowest BCUT2D eigenvalue weighted by Gasteiger charge is -1.93. The molecule has 0 amide bonds. The predicted octanol–water partition coefficient (Wildman–Crippen LogP) is 3.70. The summed E-state index contributed by atoms with van der Waals surface area (Å²) in [5.41, 5.74) is 2.26. The van der Waals surface area contributed by atoms with Crippen molar-refractivity contribution in [2.24, 2.45) is 0 Å². The Labute approximate surface area is 86.6 Å². The van der Waals surface area contributed by atoms with Gasteiger partial charge in [-0.15, -0.1) is 0 Å². The Bertz CT molecular complexity index is 350. The Morgan fingerprint density at radius 1 is 1.07 bits per heavy atom. The quantitative estimate of drug-likeness (QED) is 0.622. The first-order valence-corrected chi connectivity index (χ1v) is 5.25. The molecule has 0 aliphatic rings. The van der Waals surface area contributed by atoms with Crippen molar-refractivity contribution in [3.8, 4) is 0 Å². The van der Waals surface area contributed by atoms with Crippen LogP contribution < -0.4 is 0 Å². The maximum absolute atomic E-state index is 4.12. The number of fused-ring (bicyclic) bond motifs is 1. The van der Waals surface area contributed by atoms with Crippen molar-refractivity contribution in [1.29, 1.82) is 0 Å². The molecule has 2 heterocycles. The molecule has 0 spiro atoms. The van der Waals surface area contributed by atoms with Gasteiger partial charge in [0.05, 0.1) is 0 Å². The number of nitrogens with zero attached hydrogens (tertiary/aromatic N) is 2. The summed E-state index contributed by atoms with van der Waals surface area (Å²) >= 11 is 0. The van der Waals surface area contributed by atoms with Crippen molar-refractivity contribution >= 4 is 5.65 Å². The zero-order valence-electron chi connectivity index (χ0n) is 9.78. The first kappa shape index (κ1) is 12.7. The monoisotopic (exact) mass is 192 g/mol. The Kier molecular flexibility index (Phi) is 6.46. The maximum Gasteiger partial charge on any atom is 0.136 e. The molecule has 0 aliphatic carbocycles. The van der Waals surface area contributed by atoms with Crippen LogP contribution in [0, 0.1) is 6.92 Å². The van der Waals surface area contributed by atoms with E-state index in [4.69, 9.17) is 0 Å². The number of hydrogen-bond acceptors (Lipinski definition) is 1. The van der Waals surface area contributed by atoms with Gasteiger partial charge in [-0.05, 0) is 18.6 Å². The molecule has 2 aromatic heterocycles. The second kappa shape index (κ2) is 7.13. The van der Waals surface area contributed by atoms with E-state index in [-0.39, 0.29) is 0 Å². The number of aryl methyl sites for hydroxylation is 1. The zero-order chi connectivity index (χ0) is 11.0. The van der Waals surface area contributed by atoms with Gasteiger partial charge in [-0.1, -0.05) is 33.8 Å². The molecule has 0 saturated carbocycles. The standard InChI is InChI=1S/C8H8N2.2C2H6/c1-7-2-3-8-9-4-5-10(8)6-7;2*1-2/h2-6H,1H3;2*1-2H3. The van der Waals surface area contributed by atoms with Crippen molar-refractivity contribution in [3.05, 3.63) is 36.3 Å². The summed E-state index contributed by atoms with van der Waals surface area (Å²) in [5.74, 6) is 0. The minimum atomic E-state index is 1.01. The summed E-state index contributed by atoms with van der Waals surface area (Å²) in [6.07, 6.45) is 5.80. The number of aromatic nitrogens is 2. The van der Waals surface area contributed by atoms with Gasteiger partial charge in [0.15, 0.2) is 0 Å². The first-order chi connectivity index (χ1) is 6.86. The zero-order valence-corrected chi connectivity index (χ0v) is 9.78. The molecule has 0 bridgehead atoms. The number of hydrogen-bond donors (Lipinski definition) is 0. The van der Waals surface area contributed by atoms with Crippen molar-refractivity contribution in [2.45, 2.75) is 34.6 Å². The van der Waals surface area contributed by atoms with Crippen LogP contribution in [0.3, 0.4) is 0 Å². The summed E-state index contributed by atoms with van der Waals surface area (Å²) in [5, 5.41) is 0. The van der Waals surface area contributed by atoms with Gasteiger partial charge in [-0.25, -0.2) is 4.98 Å². The van der Waals surface area contributed by atoms with Gasteiger partial charge < -0.3 is 4.40 Å². The van der Waals surface area contributed by atoms with Crippen LogP contribution in [0.1, 0.15) is 33.3 Å². The smallest absolute Gasteiger partial charge is 0.136 e. The minimum absolute atomic E-state index is 1.01. The van der Waals surface area contributed by atoms with Crippen molar-refractivity contribution < 1.29 is 0 Å². The fourth-order valence-corrected chi connectivity index (χ4v) is 1.03. The van der Waals surface area contributed by atoms with E-state index in [0.29, 0.717) is 0 Å². The summed E-state index contributed by atoms with van der Waals surface area (Å²) in [6.45, 7) is 10.1. The Balaban J connectivity index is 0.000000379. The van der Waals surface area contributed by atoms with E-state index in [2.05, 4.69) is 24.2 Å². The van der Waals surface area contributed by atoms with Crippen LogP contribution in [0.15, 0.2) is 30.7 Å². The SMILES string of the molecule is CC.CC.Cc1ccc2nccn2c1. The number of imidazole rings is 1. The lowest BCUT2D eigenvalue weighted by molar-refractivity contribution is 1.16. The lowest BCUT2D eigenvalue weighted by atomic mass is 10.3. The Morgan fingerprint density at radius 2 is 1.71 bits per heavy atom. The normalized spacial score (nSPS) is 8.36. The van der Waals surface area contributed by atoms with Crippen LogP contribution in [0.5, 0.6) is 0 Å². The van der Waals surface area contributed by atoms with Crippen molar-refractivity contribution in [3.63, 3.8) is 0 Å². The lowest BCUT2D eigenvalue weighted by Crippen LogP contribution is -1.82. The van der Waals surface area contributed by atoms with Crippen LogP contribution in [-0.4, -0.2) is 9.38 Å². The fraction of sp³-hybridized carbons (Fsp3) is 0.417. The minimum Gasteiger partial charge on any atom is -0.307 e. The summed E-state index contributed by atoms with van der Waals surface area (Å²) in [6, 6.07) is 4.07. The predicted molar refractivity (Wildman–Crippen MR) is 62.6 cm³/mol. The van der Waals surface area contributed by atoms with E-state index in [0.717, 1.165) is 5.65 Å². The molecular formula is C12H20N2. The van der Waals surface area contributed by atoms with E-state index in [1.807, 2.05) is 44.4 Å². The van der Waals surface area contributed by atoms with Gasteiger partial charge in [0.2, 0.25) is 0 Å². The van der Waals surface area contributed by atoms with Gasteiger partial charge in [0.1, 0.15) is 5.65 Å². The molecule has 0 saturated heterocycles. The largest absolute Gasteiger partial charge is 0.307 e. The van der Waals surface area contributed by atoms with Crippen LogP contribution >= 0.6 is 0 Å². The van der Waals surface area contributed by atoms with Crippen molar-refractivity contribution in [1.82, 2.24) is 9.38 Å². The van der Waals surface area contributed by atoms with Crippen molar-refractivity contribution in [2.75, 3.05) is 0 Å². The molecule has 0 N–H and O–H groups in total. The Morgan fingerprint density at radius 3 is 2.36 bits per heavy atom. The van der Waals surface area contributed by atoms with Gasteiger partial charge in [0, 0.05) is 18.6 Å². The molecule has 0 radical (unpaired) electrons. The first-order valence-electron chi connectivity index (χ1n) is 5.25. The van der Waals surface area contributed by atoms with Gasteiger partial charge in [-0.2, -0.15) is 0 Å². The highest BCUT2D eigenvalue weighted by molar-refractivity contribution is 5.38. The molecular weight excluding hydrogens is 172 g/mol. The average Bonchev–Trinajstić information content (AvgIpc) is 2.71. The molecule has 2 aromatic rings. The molecule has 2 rings (SSSR count). The molecule has 0 unspecified atom stereocenters. The fourth-order valence-electron chi connectivity index (χ4n) is 1.03. The van der Waals surface area contributed by atoms with E-state index in [1.54, 1.807) is 6.20 Å². The van der Waals surface area contributed by atoms with Crippen LogP contribution in [0.2, 0.25) is 0 Å². The van der Waals surface area contributed by atoms with Gasteiger partial charge in [-0.3, -0.25) is 0 Å². The summed E-state index contributed by atoms with van der Waals surface area (Å²) in [4.78, 5) is 4.12. The third-order valence-corrected chi connectivity index (χ3v) is 1.54. The van der Waals surface area contributed by atoms with E-state index >= 15 is 0 Å². The molecule has 0 atom stereocenters. The Hall–Kier alpha value is -1.31. The molecule has 0 aliphatic heterocycles. The third kappa shape index (κ3) is 3.21. The number of pyridine rings is 1. The second-order valence-electron chi connectivity index (χ2n) is 2.40. The molecule has 2 nitrogen and oxygen atoms in total. The highest BCUT2D eigenvalue weighted by Gasteiger charge is 1.89. The maximum atomic E-state index is 4.12. The molecule has 0 aromatic carbocycles. The van der Waals surface area contributed by atoms with Crippen LogP contribution in [-0.2, 0) is 0 Å². The molecule has 2 heteroatoms. The second-order valence-corrected chi connectivity index (χ2v) is 2.40. The summed E-state index contributed by atoms with van der Waals surface area (Å²) < 4.78 is 2.01. The van der Waals surface area contributed by atoms with Crippen LogP contribution in [0.4, 0.5) is 0 Å². The topological polar surface area (TPSA) is 17.3 Å². The number of rotatable bonds is 0. The highest BCUT2D eigenvalue weighted by Crippen LogP contribution is 2.01. The molecule has 78 valence electrons. The van der Waals surface area contributed by atoms with E-state index in [9.17, 15) is 0 Å². The van der Waals surface area contributed by atoms with Gasteiger partial charge in [0.25, 0.3) is 0 Å². The molecule has 0 fully saturated rings. The van der Waals surface area contributed by atoms with E-state index in [1.165, 1.54) is 5.56 Å². The average molecular weight is 192 g/mol. The van der Waals surface area contributed by atoms with Crippen LogP contribution in [0.25, 0.3) is 5.65 Å². The summed E-state index contributed by atoms with van der Waals surface area (Å²) in [7, 11) is 0. The van der Waals surface area contributed by atoms with E-state index < -0.39 is 0 Å². The molecule has 14 heavy (non-hydrogen) atoms.